The normalized spacial score (nSPS) is 11.1. The highest BCUT2D eigenvalue weighted by atomic mass is 35.5. The van der Waals surface area contributed by atoms with Crippen molar-refractivity contribution in [2.24, 2.45) is 0 Å². The van der Waals surface area contributed by atoms with E-state index in [1.807, 2.05) is 60.7 Å². The van der Waals surface area contributed by atoms with E-state index in [1.54, 1.807) is 4.68 Å². The Morgan fingerprint density at radius 3 is 2.52 bits per heavy atom. The number of aromatic amines is 1. The summed E-state index contributed by atoms with van der Waals surface area (Å²) in [5.41, 5.74) is 3.69. The van der Waals surface area contributed by atoms with Crippen molar-refractivity contribution in [3.63, 3.8) is 0 Å². The number of hydrogen-bond acceptors (Lipinski definition) is 2. The van der Waals surface area contributed by atoms with Gasteiger partial charge in [0.25, 0.3) is 0 Å². The first-order valence-corrected chi connectivity index (χ1v) is 6.95. The number of benzene rings is 2. The van der Waals surface area contributed by atoms with Crippen molar-refractivity contribution in [1.29, 1.82) is 0 Å². The van der Waals surface area contributed by atoms with Gasteiger partial charge in [-0.1, -0.05) is 54.1 Å². The number of halogens is 1. The minimum Gasteiger partial charge on any atom is -0.322 e. The molecule has 2 aromatic heterocycles. The molecule has 2 aromatic carbocycles. The lowest BCUT2D eigenvalue weighted by atomic mass is 10.2. The maximum absolute atomic E-state index is 6.30. The van der Waals surface area contributed by atoms with Crippen LogP contribution in [-0.4, -0.2) is 19.7 Å². The van der Waals surface area contributed by atoms with Crippen LogP contribution in [0.2, 0.25) is 5.15 Å². The first-order chi connectivity index (χ1) is 10.3. The van der Waals surface area contributed by atoms with Crippen LogP contribution in [0, 0.1) is 0 Å². The number of aromatic nitrogens is 4. The third-order valence-corrected chi connectivity index (χ3v) is 3.58. The first kappa shape index (κ1) is 12.2. The molecule has 0 amide bonds. The monoisotopic (exact) mass is 294 g/mol. The Labute approximate surface area is 126 Å². The number of nitrogens with zero attached hydrogens (tertiary/aromatic N) is 3. The second kappa shape index (κ2) is 4.75. The Kier molecular flexibility index (Phi) is 2.75. The highest BCUT2D eigenvalue weighted by Gasteiger charge is 2.12. The Morgan fingerprint density at radius 1 is 0.952 bits per heavy atom. The second-order valence-corrected chi connectivity index (χ2v) is 5.09. The Hall–Kier alpha value is -2.59. The van der Waals surface area contributed by atoms with E-state index in [1.165, 1.54) is 0 Å². The van der Waals surface area contributed by atoms with Gasteiger partial charge in [0.2, 0.25) is 5.95 Å². The van der Waals surface area contributed by atoms with Crippen molar-refractivity contribution in [2.45, 2.75) is 0 Å². The average Bonchev–Trinajstić information content (AvgIpc) is 3.11. The van der Waals surface area contributed by atoms with Crippen LogP contribution in [0.15, 0.2) is 60.7 Å². The van der Waals surface area contributed by atoms with Crippen molar-refractivity contribution in [1.82, 2.24) is 19.7 Å². The molecule has 4 nitrogen and oxygen atoms in total. The highest BCUT2D eigenvalue weighted by Crippen LogP contribution is 2.24. The molecule has 5 heteroatoms. The Morgan fingerprint density at radius 2 is 1.71 bits per heavy atom. The molecule has 0 saturated heterocycles. The van der Waals surface area contributed by atoms with Gasteiger partial charge < -0.3 is 4.98 Å². The molecule has 0 saturated carbocycles. The van der Waals surface area contributed by atoms with Crippen LogP contribution < -0.4 is 0 Å². The Bertz CT molecular complexity index is 875. The van der Waals surface area contributed by atoms with E-state index >= 15 is 0 Å². The molecule has 0 fully saturated rings. The Balaban J connectivity index is 1.84. The summed E-state index contributed by atoms with van der Waals surface area (Å²) in [4.78, 5) is 7.73. The molecular formula is C16H11ClN4. The first-order valence-electron chi connectivity index (χ1n) is 6.57. The van der Waals surface area contributed by atoms with E-state index in [0.717, 1.165) is 22.3 Å². The number of hydrogen-bond donors (Lipinski definition) is 1. The van der Waals surface area contributed by atoms with Crippen molar-refractivity contribution >= 4 is 22.6 Å². The predicted molar refractivity (Wildman–Crippen MR) is 83.7 cm³/mol. The molecule has 0 bridgehead atoms. The minimum atomic E-state index is 0.521. The van der Waals surface area contributed by atoms with Crippen LogP contribution in [0.3, 0.4) is 0 Å². The van der Waals surface area contributed by atoms with Gasteiger partial charge in [-0.25, -0.2) is 4.98 Å². The number of rotatable bonds is 2. The molecule has 4 rings (SSSR count). The average molecular weight is 295 g/mol. The number of nitrogens with one attached hydrogen (secondary N) is 1. The van der Waals surface area contributed by atoms with Crippen LogP contribution >= 0.6 is 11.6 Å². The van der Waals surface area contributed by atoms with Gasteiger partial charge in [0.05, 0.1) is 16.7 Å². The van der Waals surface area contributed by atoms with Gasteiger partial charge in [0.1, 0.15) is 5.15 Å². The van der Waals surface area contributed by atoms with E-state index in [2.05, 4.69) is 15.1 Å². The number of H-pyrrole nitrogens is 1. The maximum Gasteiger partial charge on any atom is 0.230 e. The van der Waals surface area contributed by atoms with E-state index in [9.17, 15) is 0 Å². The van der Waals surface area contributed by atoms with Crippen LogP contribution in [0.1, 0.15) is 0 Å². The van der Waals surface area contributed by atoms with E-state index in [4.69, 9.17) is 11.6 Å². The van der Waals surface area contributed by atoms with Crippen LogP contribution in [0.4, 0.5) is 0 Å². The fourth-order valence-corrected chi connectivity index (χ4v) is 2.52. The third kappa shape index (κ3) is 2.10. The molecule has 0 unspecified atom stereocenters. The molecule has 21 heavy (non-hydrogen) atoms. The SMILES string of the molecule is Clc1cc(-c2ccccc2)nn1-c1nc2ccccc2[nH]1. The molecule has 0 aliphatic rings. The predicted octanol–water partition coefficient (Wildman–Crippen LogP) is 4.07. The van der Waals surface area contributed by atoms with Crippen molar-refractivity contribution < 1.29 is 0 Å². The van der Waals surface area contributed by atoms with Crippen molar-refractivity contribution in [2.75, 3.05) is 0 Å². The van der Waals surface area contributed by atoms with E-state index in [-0.39, 0.29) is 0 Å². The summed E-state index contributed by atoms with van der Waals surface area (Å²) in [5.74, 6) is 0.614. The molecule has 0 spiro atoms. The summed E-state index contributed by atoms with van der Waals surface area (Å²) >= 11 is 6.30. The molecule has 0 aliphatic heterocycles. The van der Waals surface area contributed by atoms with Gasteiger partial charge in [-0.15, -0.1) is 0 Å². The van der Waals surface area contributed by atoms with Gasteiger partial charge in [-0.3, -0.25) is 0 Å². The summed E-state index contributed by atoms with van der Waals surface area (Å²) in [6.45, 7) is 0. The molecule has 1 N–H and O–H groups in total. The van der Waals surface area contributed by atoms with Crippen LogP contribution in [0.25, 0.3) is 28.2 Å². The number of fused-ring (bicyclic) bond motifs is 1. The topological polar surface area (TPSA) is 46.5 Å². The fraction of sp³-hybridized carbons (Fsp3) is 0. The van der Waals surface area contributed by atoms with Gasteiger partial charge >= 0.3 is 0 Å². The highest BCUT2D eigenvalue weighted by molar-refractivity contribution is 6.30. The maximum atomic E-state index is 6.30. The van der Waals surface area contributed by atoms with Crippen LogP contribution in [-0.2, 0) is 0 Å². The largest absolute Gasteiger partial charge is 0.322 e. The van der Waals surface area contributed by atoms with Gasteiger partial charge in [0.15, 0.2) is 0 Å². The molecular weight excluding hydrogens is 284 g/mol. The van der Waals surface area contributed by atoms with E-state index in [0.29, 0.717) is 11.1 Å². The molecule has 102 valence electrons. The standard InChI is InChI=1S/C16H11ClN4/c17-15-10-14(11-6-2-1-3-7-11)20-21(15)16-18-12-8-4-5-9-13(12)19-16/h1-10H,(H,18,19). The molecule has 0 aliphatic carbocycles. The van der Waals surface area contributed by atoms with Gasteiger partial charge in [-0.2, -0.15) is 9.78 Å². The van der Waals surface area contributed by atoms with E-state index < -0.39 is 0 Å². The summed E-state index contributed by atoms with van der Waals surface area (Å²) < 4.78 is 1.61. The second-order valence-electron chi connectivity index (χ2n) is 4.71. The quantitative estimate of drug-likeness (QED) is 0.606. The minimum absolute atomic E-state index is 0.521. The zero-order valence-electron chi connectivity index (χ0n) is 11.0. The smallest absolute Gasteiger partial charge is 0.230 e. The number of imidazole rings is 1. The molecule has 2 heterocycles. The summed E-state index contributed by atoms with van der Waals surface area (Å²) in [7, 11) is 0. The van der Waals surface area contributed by atoms with Gasteiger partial charge in [-0.05, 0) is 12.1 Å². The zero-order valence-corrected chi connectivity index (χ0v) is 11.7. The fourth-order valence-electron chi connectivity index (χ4n) is 2.30. The summed E-state index contributed by atoms with van der Waals surface area (Å²) in [6, 6.07) is 19.6. The lowest BCUT2D eigenvalue weighted by molar-refractivity contribution is 0.833. The lowest BCUT2D eigenvalue weighted by Crippen LogP contribution is -1.98. The van der Waals surface area contributed by atoms with Crippen molar-refractivity contribution in [3.05, 3.63) is 65.8 Å². The third-order valence-electron chi connectivity index (χ3n) is 3.31. The zero-order chi connectivity index (χ0) is 14.2. The molecule has 0 radical (unpaired) electrons. The summed E-state index contributed by atoms with van der Waals surface area (Å²) in [5, 5.41) is 5.06. The van der Waals surface area contributed by atoms with Crippen LogP contribution in [0.5, 0.6) is 0 Å². The molecule has 0 atom stereocenters. The van der Waals surface area contributed by atoms with Gasteiger partial charge in [0, 0.05) is 11.6 Å². The molecule has 4 aromatic rings. The number of para-hydroxylation sites is 2. The van der Waals surface area contributed by atoms with Crippen molar-refractivity contribution in [3.8, 4) is 17.2 Å². The lowest BCUT2D eigenvalue weighted by Gasteiger charge is -1.97. The summed E-state index contributed by atoms with van der Waals surface area (Å²) in [6.07, 6.45) is 0.